The largest absolute Gasteiger partial charge is 0.456 e. The van der Waals surface area contributed by atoms with Gasteiger partial charge in [-0.2, -0.15) is 0 Å². The first-order valence-corrected chi connectivity index (χ1v) is 11.5. The van der Waals surface area contributed by atoms with Gasteiger partial charge >= 0.3 is 11.9 Å². The number of imidazole rings is 1. The van der Waals surface area contributed by atoms with E-state index in [1.165, 1.54) is 25.2 Å². The van der Waals surface area contributed by atoms with Crippen molar-refractivity contribution in [3.8, 4) is 22.7 Å². The van der Waals surface area contributed by atoms with Gasteiger partial charge in [0, 0.05) is 31.8 Å². The van der Waals surface area contributed by atoms with Gasteiger partial charge in [-0.15, -0.1) is 11.3 Å². The molecule has 33 heavy (non-hydrogen) atoms. The molecule has 0 unspecified atom stereocenters. The smallest absolute Gasteiger partial charge is 0.303 e. The summed E-state index contributed by atoms with van der Waals surface area (Å²) in [4.78, 5) is 41.4. The summed E-state index contributed by atoms with van der Waals surface area (Å²) in [5.74, 6) is 5.88. The van der Waals surface area contributed by atoms with Crippen LogP contribution in [0.25, 0.3) is 22.0 Å². The SMILES string of the molecule is CCCCC#Cc1ncc2nc(-c3nccs3)n([C@@H]3OC[C@@H](OC(C)=O)[C@H]3OC(C)=O)c2n1. The highest BCUT2D eigenvalue weighted by Crippen LogP contribution is 2.36. The Morgan fingerprint density at radius 1 is 1.24 bits per heavy atom. The summed E-state index contributed by atoms with van der Waals surface area (Å²) in [6, 6.07) is 0. The Morgan fingerprint density at radius 2 is 2.06 bits per heavy atom. The molecule has 3 aromatic rings. The molecule has 10 nitrogen and oxygen atoms in total. The fraction of sp³-hybridized carbons (Fsp3) is 0.455. The van der Waals surface area contributed by atoms with Gasteiger partial charge in [0.2, 0.25) is 5.82 Å². The summed E-state index contributed by atoms with van der Waals surface area (Å²) in [5.41, 5.74) is 0.973. The van der Waals surface area contributed by atoms with Gasteiger partial charge in [0.25, 0.3) is 0 Å². The quantitative estimate of drug-likeness (QED) is 0.305. The molecule has 0 bridgehead atoms. The Hall–Kier alpha value is -3.36. The van der Waals surface area contributed by atoms with Crippen LogP contribution in [-0.2, 0) is 23.8 Å². The van der Waals surface area contributed by atoms with E-state index in [-0.39, 0.29) is 6.61 Å². The minimum Gasteiger partial charge on any atom is -0.456 e. The van der Waals surface area contributed by atoms with Crippen molar-refractivity contribution in [1.82, 2.24) is 24.5 Å². The van der Waals surface area contributed by atoms with E-state index in [2.05, 4.69) is 38.7 Å². The number of nitrogens with zero attached hydrogens (tertiary/aromatic N) is 5. The Bertz CT molecular complexity index is 1210. The first kappa shape index (κ1) is 22.8. The molecule has 0 amide bonds. The number of esters is 2. The normalized spacial score (nSPS) is 19.8. The monoisotopic (exact) mass is 469 g/mol. The molecule has 0 N–H and O–H groups in total. The number of rotatable bonds is 6. The summed E-state index contributed by atoms with van der Waals surface area (Å²) in [6.45, 7) is 4.74. The zero-order chi connectivity index (χ0) is 23.4. The van der Waals surface area contributed by atoms with Gasteiger partial charge in [-0.05, 0) is 12.3 Å². The molecule has 0 aromatic carbocycles. The van der Waals surface area contributed by atoms with Crippen LogP contribution in [0.2, 0.25) is 0 Å². The van der Waals surface area contributed by atoms with Crippen LogP contribution in [0, 0.1) is 11.8 Å². The maximum absolute atomic E-state index is 11.9. The molecule has 0 saturated carbocycles. The van der Waals surface area contributed by atoms with Crippen molar-refractivity contribution in [2.75, 3.05) is 6.61 Å². The lowest BCUT2D eigenvalue weighted by Crippen LogP contribution is -2.36. The van der Waals surface area contributed by atoms with Crippen molar-refractivity contribution < 1.29 is 23.8 Å². The van der Waals surface area contributed by atoms with Crippen molar-refractivity contribution >= 4 is 34.4 Å². The Labute approximate surface area is 194 Å². The fourth-order valence-electron chi connectivity index (χ4n) is 3.51. The second kappa shape index (κ2) is 10.1. The van der Waals surface area contributed by atoms with Crippen LogP contribution in [0.15, 0.2) is 17.8 Å². The van der Waals surface area contributed by atoms with Crippen molar-refractivity contribution in [2.24, 2.45) is 0 Å². The highest BCUT2D eigenvalue weighted by atomic mass is 32.1. The van der Waals surface area contributed by atoms with Crippen LogP contribution in [0.5, 0.6) is 0 Å². The summed E-state index contributed by atoms with van der Waals surface area (Å²) in [7, 11) is 0. The lowest BCUT2D eigenvalue weighted by molar-refractivity contribution is -0.164. The van der Waals surface area contributed by atoms with E-state index < -0.39 is 30.4 Å². The lowest BCUT2D eigenvalue weighted by atomic mass is 10.2. The van der Waals surface area contributed by atoms with Gasteiger partial charge in [0.05, 0.1) is 12.8 Å². The van der Waals surface area contributed by atoms with E-state index >= 15 is 0 Å². The predicted octanol–water partition coefficient (Wildman–Crippen LogP) is 2.88. The van der Waals surface area contributed by atoms with Gasteiger partial charge in [0.1, 0.15) is 5.52 Å². The van der Waals surface area contributed by atoms with Crippen LogP contribution in [0.1, 0.15) is 52.1 Å². The number of carbonyl (C=O) groups excluding carboxylic acids is 2. The number of fused-ring (bicyclic) bond motifs is 1. The zero-order valence-electron chi connectivity index (χ0n) is 18.5. The molecule has 0 spiro atoms. The first-order chi connectivity index (χ1) is 16.0. The minimum atomic E-state index is -0.892. The molecular formula is C22H23N5O5S. The number of thiazole rings is 1. The molecule has 4 rings (SSSR count). The number of hydrogen-bond donors (Lipinski definition) is 0. The van der Waals surface area contributed by atoms with Crippen molar-refractivity contribution in [2.45, 2.75) is 58.5 Å². The number of hydrogen-bond acceptors (Lipinski definition) is 10. The molecule has 1 saturated heterocycles. The van der Waals surface area contributed by atoms with Gasteiger partial charge < -0.3 is 14.2 Å². The third-order valence-electron chi connectivity index (χ3n) is 4.86. The maximum atomic E-state index is 11.9. The Balaban J connectivity index is 1.82. The molecule has 3 atom stereocenters. The second-order valence-corrected chi connectivity index (χ2v) is 8.29. The average molecular weight is 470 g/mol. The third-order valence-corrected chi connectivity index (χ3v) is 5.63. The third kappa shape index (κ3) is 5.02. The average Bonchev–Trinajstić information content (AvgIpc) is 3.50. The molecule has 0 radical (unpaired) electrons. The van der Waals surface area contributed by atoms with Gasteiger partial charge in [-0.25, -0.2) is 19.9 Å². The fourth-order valence-corrected chi connectivity index (χ4v) is 4.13. The summed E-state index contributed by atoms with van der Waals surface area (Å²) < 4.78 is 18.6. The molecule has 1 fully saturated rings. The molecular weight excluding hydrogens is 446 g/mol. The predicted molar refractivity (Wildman–Crippen MR) is 119 cm³/mol. The van der Waals surface area contributed by atoms with Gasteiger partial charge in [0.15, 0.2) is 34.9 Å². The topological polar surface area (TPSA) is 118 Å². The minimum absolute atomic E-state index is 0.0495. The molecule has 4 heterocycles. The summed E-state index contributed by atoms with van der Waals surface area (Å²) in [5, 5.41) is 2.46. The summed E-state index contributed by atoms with van der Waals surface area (Å²) >= 11 is 1.40. The van der Waals surface area contributed by atoms with Crippen LogP contribution < -0.4 is 0 Å². The lowest BCUT2D eigenvalue weighted by Gasteiger charge is -2.24. The van der Waals surface area contributed by atoms with Crippen molar-refractivity contribution in [3.63, 3.8) is 0 Å². The van der Waals surface area contributed by atoms with E-state index in [1.807, 2.05) is 5.38 Å². The van der Waals surface area contributed by atoms with E-state index in [4.69, 9.17) is 14.2 Å². The maximum Gasteiger partial charge on any atom is 0.303 e. The Morgan fingerprint density at radius 3 is 2.76 bits per heavy atom. The van der Waals surface area contributed by atoms with E-state index in [1.54, 1.807) is 17.0 Å². The highest BCUT2D eigenvalue weighted by molar-refractivity contribution is 7.13. The highest BCUT2D eigenvalue weighted by Gasteiger charge is 2.45. The van der Waals surface area contributed by atoms with Crippen molar-refractivity contribution in [1.29, 1.82) is 0 Å². The number of aromatic nitrogens is 5. The van der Waals surface area contributed by atoms with Crippen LogP contribution in [0.4, 0.5) is 0 Å². The van der Waals surface area contributed by atoms with E-state index in [0.29, 0.717) is 27.8 Å². The molecule has 172 valence electrons. The number of carbonyl (C=O) groups is 2. The second-order valence-electron chi connectivity index (χ2n) is 7.40. The van der Waals surface area contributed by atoms with Crippen LogP contribution in [0.3, 0.4) is 0 Å². The molecule has 11 heteroatoms. The standard InChI is InChI=1S/C22H23N5O5S/c1-4-5-6-7-8-17-24-11-15-19(26-17)27(20(25-15)21-23-9-10-33-21)22-18(32-14(3)29)16(12-30-22)31-13(2)28/h9-11,16,18,22H,4-6,12H2,1-3H3/t16-,18-,22-/m1/s1. The molecule has 3 aromatic heterocycles. The summed E-state index contributed by atoms with van der Waals surface area (Å²) in [6.07, 6.45) is 3.58. The molecule has 1 aliphatic heterocycles. The Kier molecular flexibility index (Phi) is 6.96. The number of unbranched alkanes of at least 4 members (excludes halogenated alkanes) is 2. The van der Waals surface area contributed by atoms with Gasteiger partial charge in [-0.1, -0.05) is 19.3 Å². The molecule has 0 aliphatic carbocycles. The first-order valence-electron chi connectivity index (χ1n) is 10.6. The van der Waals surface area contributed by atoms with Crippen LogP contribution in [-0.4, -0.2) is 55.3 Å². The molecule has 1 aliphatic rings. The van der Waals surface area contributed by atoms with Crippen molar-refractivity contribution in [3.05, 3.63) is 23.6 Å². The van der Waals surface area contributed by atoms with Crippen LogP contribution >= 0.6 is 11.3 Å². The zero-order valence-corrected chi connectivity index (χ0v) is 19.3. The van der Waals surface area contributed by atoms with E-state index in [0.717, 1.165) is 19.3 Å². The number of ether oxygens (including phenoxy) is 3. The van der Waals surface area contributed by atoms with Gasteiger partial charge in [-0.3, -0.25) is 14.2 Å². The van der Waals surface area contributed by atoms with E-state index in [9.17, 15) is 9.59 Å².